The van der Waals surface area contributed by atoms with Gasteiger partial charge in [-0.05, 0) is 47.3 Å². The molecular formula is C11H11BrN4O3S2. The molecule has 10 heteroatoms. The minimum atomic E-state index is -3.93. The summed E-state index contributed by atoms with van der Waals surface area (Å²) < 4.78 is 26.4. The maximum absolute atomic E-state index is 12.0. The number of carbonyl (C=O) groups excluding carboxylic acids is 1. The van der Waals surface area contributed by atoms with Gasteiger partial charge in [-0.3, -0.25) is 5.32 Å². The van der Waals surface area contributed by atoms with Gasteiger partial charge in [-0.2, -0.15) is 0 Å². The standard InChI is InChI=1S/C11H11BrN4O3S2/c1-6-5-7(2)14-10(13-6)15-11(17)16-21(18,19)9-8(12)3-4-20-9/h3-5H,1-2H3,(H2,13,14,15,16,17). The topological polar surface area (TPSA) is 101 Å². The molecule has 0 aliphatic rings. The summed E-state index contributed by atoms with van der Waals surface area (Å²) in [5.41, 5.74) is 1.34. The Labute approximate surface area is 134 Å². The Morgan fingerprint density at radius 2 is 1.90 bits per heavy atom. The van der Waals surface area contributed by atoms with Gasteiger partial charge in [0.15, 0.2) is 4.21 Å². The van der Waals surface area contributed by atoms with E-state index in [-0.39, 0.29) is 10.2 Å². The number of nitrogens with zero attached hydrogens (tertiary/aromatic N) is 2. The normalized spacial score (nSPS) is 11.2. The Bertz CT molecular complexity index is 768. The molecule has 0 bridgehead atoms. The van der Waals surface area contributed by atoms with Crippen molar-refractivity contribution in [3.8, 4) is 0 Å². The number of hydrogen-bond donors (Lipinski definition) is 2. The van der Waals surface area contributed by atoms with Crippen LogP contribution in [0.3, 0.4) is 0 Å². The van der Waals surface area contributed by atoms with Crippen LogP contribution in [0.15, 0.2) is 26.2 Å². The fraction of sp³-hybridized carbons (Fsp3) is 0.182. The van der Waals surface area contributed by atoms with Crippen LogP contribution in [0.4, 0.5) is 10.7 Å². The smallest absolute Gasteiger partial charge is 0.275 e. The lowest BCUT2D eigenvalue weighted by atomic mass is 10.4. The van der Waals surface area contributed by atoms with Crippen molar-refractivity contribution in [1.29, 1.82) is 0 Å². The highest BCUT2D eigenvalue weighted by molar-refractivity contribution is 9.10. The second-order valence-electron chi connectivity index (χ2n) is 4.09. The number of anilines is 1. The zero-order valence-corrected chi connectivity index (χ0v) is 14.3. The average Bonchev–Trinajstić information content (AvgIpc) is 2.73. The van der Waals surface area contributed by atoms with E-state index in [1.165, 1.54) is 0 Å². The van der Waals surface area contributed by atoms with Gasteiger partial charge in [-0.1, -0.05) is 0 Å². The Morgan fingerprint density at radius 3 is 2.43 bits per heavy atom. The molecule has 21 heavy (non-hydrogen) atoms. The number of sulfonamides is 1. The molecule has 2 N–H and O–H groups in total. The monoisotopic (exact) mass is 390 g/mol. The summed E-state index contributed by atoms with van der Waals surface area (Å²) in [5.74, 6) is 0.0467. The predicted molar refractivity (Wildman–Crippen MR) is 82.9 cm³/mol. The molecule has 0 saturated heterocycles. The molecule has 112 valence electrons. The zero-order valence-electron chi connectivity index (χ0n) is 11.0. The van der Waals surface area contributed by atoms with Gasteiger partial charge >= 0.3 is 6.03 Å². The summed E-state index contributed by atoms with van der Waals surface area (Å²) in [5, 5.41) is 3.90. The number of amides is 2. The highest BCUT2D eigenvalue weighted by Crippen LogP contribution is 2.27. The lowest BCUT2D eigenvalue weighted by Gasteiger charge is -2.07. The van der Waals surface area contributed by atoms with Crippen LogP contribution in [0, 0.1) is 13.8 Å². The molecule has 2 aromatic rings. The van der Waals surface area contributed by atoms with E-state index in [1.54, 1.807) is 31.4 Å². The van der Waals surface area contributed by atoms with Crippen molar-refractivity contribution in [3.63, 3.8) is 0 Å². The fourth-order valence-electron chi connectivity index (χ4n) is 1.55. The van der Waals surface area contributed by atoms with E-state index in [4.69, 9.17) is 0 Å². The highest BCUT2D eigenvalue weighted by Gasteiger charge is 2.22. The maximum Gasteiger partial charge on any atom is 0.335 e. The van der Waals surface area contributed by atoms with Crippen LogP contribution in [-0.4, -0.2) is 24.4 Å². The van der Waals surface area contributed by atoms with Crippen LogP contribution in [0.2, 0.25) is 0 Å². The number of hydrogen-bond acceptors (Lipinski definition) is 6. The largest absolute Gasteiger partial charge is 0.335 e. The summed E-state index contributed by atoms with van der Waals surface area (Å²) >= 11 is 4.11. The molecule has 0 saturated carbocycles. The van der Waals surface area contributed by atoms with Gasteiger partial charge in [0.1, 0.15) is 0 Å². The van der Waals surface area contributed by atoms with E-state index < -0.39 is 16.1 Å². The molecule has 0 fully saturated rings. The van der Waals surface area contributed by atoms with Gasteiger partial charge in [0.05, 0.1) is 0 Å². The number of rotatable bonds is 3. The van der Waals surface area contributed by atoms with Crippen molar-refractivity contribution in [1.82, 2.24) is 14.7 Å². The number of aromatic nitrogens is 2. The first-order valence-corrected chi connectivity index (χ1v) is 8.82. The van der Waals surface area contributed by atoms with Crippen LogP contribution < -0.4 is 10.0 Å². The first-order chi connectivity index (χ1) is 9.78. The van der Waals surface area contributed by atoms with E-state index in [1.807, 2.05) is 4.72 Å². The van der Waals surface area contributed by atoms with Crippen LogP contribution in [0.5, 0.6) is 0 Å². The summed E-state index contributed by atoms with van der Waals surface area (Å²) in [6, 6.07) is 2.41. The summed E-state index contributed by atoms with van der Waals surface area (Å²) in [6.07, 6.45) is 0. The summed E-state index contributed by atoms with van der Waals surface area (Å²) in [4.78, 5) is 19.8. The van der Waals surface area contributed by atoms with Crippen molar-refractivity contribution < 1.29 is 13.2 Å². The van der Waals surface area contributed by atoms with Crippen molar-refractivity contribution in [2.75, 3.05) is 5.32 Å². The lowest BCUT2D eigenvalue weighted by molar-refractivity contribution is 0.256. The molecule has 7 nitrogen and oxygen atoms in total. The Kier molecular flexibility index (Phi) is 4.59. The molecule has 0 aliphatic heterocycles. The molecule has 0 spiro atoms. The van der Waals surface area contributed by atoms with Crippen molar-refractivity contribution in [2.45, 2.75) is 18.1 Å². The van der Waals surface area contributed by atoms with Crippen LogP contribution >= 0.6 is 27.3 Å². The van der Waals surface area contributed by atoms with Gasteiger partial charge in [0, 0.05) is 15.9 Å². The highest BCUT2D eigenvalue weighted by atomic mass is 79.9. The number of halogens is 1. The van der Waals surface area contributed by atoms with Crippen molar-refractivity contribution in [3.05, 3.63) is 33.4 Å². The van der Waals surface area contributed by atoms with E-state index in [9.17, 15) is 13.2 Å². The predicted octanol–water partition coefficient (Wildman–Crippen LogP) is 2.43. The van der Waals surface area contributed by atoms with Gasteiger partial charge < -0.3 is 0 Å². The molecule has 0 aliphatic carbocycles. The number of aryl methyl sites for hydroxylation is 2. The molecule has 2 aromatic heterocycles. The van der Waals surface area contributed by atoms with Crippen LogP contribution in [0.1, 0.15) is 11.4 Å². The molecule has 0 aromatic carbocycles. The van der Waals surface area contributed by atoms with E-state index in [0.717, 1.165) is 11.3 Å². The van der Waals surface area contributed by atoms with E-state index in [0.29, 0.717) is 15.9 Å². The summed E-state index contributed by atoms with van der Waals surface area (Å²) in [6.45, 7) is 3.49. The number of nitrogens with one attached hydrogen (secondary N) is 2. The third-order valence-electron chi connectivity index (χ3n) is 2.26. The first-order valence-electron chi connectivity index (χ1n) is 5.67. The second-order valence-corrected chi connectivity index (χ2v) is 7.74. The molecule has 2 heterocycles. The third-order valence-corrected chi connectivity index (χ3v) is 6.26. The third kappa shape index (κ3) is 3.99. The molecule has 0 unspecified atom stereocenters. The van der Waals surface area contributed by atoms with Gasteiger partial charge in [0.2, 0.25) is 5.95 Å². The molecule has 2 amide bonds. The number of carbonyl (C=O) groups is 1. The van der Waals surface area contributed by atoms with E-state index in [2.05, 4.69) is 31.2 Å². The lowest BCUT2D eigenvalue weighted by Crippen LogP contribution is -2.34. The minimum Gasteiger partial charge on any atom is -0.275 e. The van der Waals surface area contributed by atoms with Gasteiger partial charge in [-0.25, -0.2) is 27.9 Å². The fourth-order valence-corrected chi connectivity index (χ4v) is 4.79. The first kappa shape index (κ1) is 15.9. The average molecular weight is 391 g/mol. The quantitative estimate of drug-likeness (QED) is 0.837. The zero-order chi connectivity index (χ0) is 15.6. The maximum atomic E-state index is 12.0. The van der Waals surface area contributed by atoms with Crippen molar-refractivity contribution in [2.24, 2.45) is 0 Å². The molecular weight excluding hydrogens is 380 g/mol. The molecule has 2 rings (SSSR count). The van der Waals surface area contributed by atoms with Gasteiger partial charge in [0.25, 0.3) is 10.0 Å². The Morgan fingerprint density at radius 1 is 1.29 bits per heavy atom. The molecule has 0 atom stereocenters. The SMILES string of the molecule is Cc1cc(C)nc(NC(=O)NS(=O)(=O)c2sccc2Br)n1. The van der Waals surface area contributed by atoms with Crippen molar-refractivity contribution >= 4 is 49.3 Å². The summed E-state index contributed by atoms with van der Waals surface area (Å²) in [7, 11) is -3.93. The second kappa shape index (κ2) is 6.08. The number of urea groups is 1. The Hall–Kier alpha value is -1.52. The minimum absolute atomic E-state index is 0.0268. The van der Waals surface area contributed by atoms with Crippen LogP contribution in [0.25, 0.3) is 0 Å². The van der Waals surface area contributed by atoms with Crippen LogP contribution in [-0.2, 0) is 10.0 Å². The van der Waals surface area contributed by atoms with Gasteiger partial charge in [-0.15, -0.1) is 11.3 Å². The molecule has 0 radical (unpaired) electrons. The number of thiophene rings is 1. The Balaban J connectivity index is 2.13. The van der Waals surface area contributed by atoms with E-state index >= 15 is 0 Å².